The van der Waals surface area contributed by atoms with E-state index in [2.05, 4.69) is 4.98 Å². The number of aliphatic carboxylic acids is 1. The Kier molecular flexibility index (Phi) is 7.15. The normalized spacial score (nSPS) is 10.5. The number of carbonyl (C=O) groups is 1. The summed E-state index contributed by atoms with van der Waals surface area (Å²) in [5, 5.41) is 16.5. The molecule has 0 atom stereocenters. The second kappa shape index (κ2) is 9.58. The van der Waals surface area contributed by atoms with Crippen LogP contribution in [0.1, 0.15) is 5.56 Å². The summed E-state index contributed by atoms with van der Waals surface area (Å²) in [5.41, 5.74) is 8.20. The van der Waals surface area contributed by atoms with Gasteiger partial charge in [-0.1, -0.05) is 18.2 Å². The van der Waals surface area contributed by atoms with Gasteiger partial charge in [-0.3, -0.25) is 0 Å². The van der Waals surface area contributed by atoms with Gasteiger partial charge in [-0.25, -0.2) is 14.2 Å². The van der Waals surface area contributed by atoms with Crippen LogP contribution in [0.2, 0.25) is 0 Å². The van der Waals surface area contributed by atoms with Crippen LogP contribution < -0.4 is 10.5 Å². The predicted octanol–water partition coefficient (Wildman–Crippen LogP) is 4.65. The molecule has 160 valence electrons. The highest BCUT2D eigenvalue weighted by Crippen LogP contribution is 2.33. The number of pyridine rings is 1. The Labute approximate surface area is 174 Å². The number of nitrogen functional groups attached to an aromatic ring is 1. The molecule has 6 nitrogen and oxygen atoms in total. The molecule has 0 unspecified atom stereocenters. The number of carboxylic acids is 1. The lowest BCUT2D eigenvalue weighted by Crippen LogP contribution is -2.21. The summed E-state index contributed by atoms with van der Waals surface area (Å²) in [5.74, 6) is -2.38. The number of aromatic nitrogens is 1. The van der Waals surface area contributed by atoms with E-state index < -0.39 is 18.0 Å². The zero-order valence-corrected chi connectivity index (χ0v) is 15.9. The second-order valence-electron chi connectivity index (χ2n) is 5.94. The number of hydrogen-bond acceptors (Lipinski definition) is 5. The topological polar surface area (TPSA) is 109 Å². The fourth-order valence-electron chi connectivity index (χ4n) is 2.48. The summed E-state index contributed by atoms with van der Waals surface area (Å²) in [6.07, 6.45) is -5.08. The number of halogens is 4. The summed E-state index contributed by atoms with van der Waals surface area (Å²) in [6, 6.07) is 17.2. The SMILES string of the molecule is COc1ccc(-c2cc(-c3ccccc3F)c(C#N)c(N)n2)cc1.O=C(O)C(F)(F)F. The number of nitrogens with zero attached hydrogens (tertiary/aromatic N) is 2. The highest BCUT2D eigenvalue weighted by molar-refractivity contribution is 5.80. The maximum atomic E-state index is 14.2. The molecule has 1 aromatic heterocycles. The van der Waals surface area contributed by atoms with E-state index in [0.29, 0.717) is 16.8 Å². The molecule has 10 heteroatoms. The van der Waals surface area contributed by atoms with E-state index in [0.717, 1.165) is 11.3 Å². The zero-order chi connectivity index (χ0) is 23.2. The number of nitriles is 1. The molecule has 0 aliphatic carbocycles. The van der Waals surface area contributed by atoms with Gasteiger partial charge in [-0.15, -0.1) is 0 Å². The average Bonchev–Trinajstić information content (AvgIpc) is 2.73. The van der Waals surface area contributed by atoms with Gasteiger partial charge < -0.3 is 15.6 Å². The first-order chi connectivity index (χ1) is 14.6. The van der Waals surface area contributed by atoms with E-state index >= 15 is 0 Å². The van der Waals surface area contributed by atoms with Crippen molar-refractivity contribution in [2.24, 2.45) is 0 Å². The Hall–Kier alpha value is -4.13. The molecule has 0 saturated carbocycles. The van der Waals surface area contributed by atoms with Crippen molar-refractivity contribution in [3.63, 3.8) is 0 Å². The van der Waals surface area contributed by atoms with Crippen molar-refractivity contribution >= 4 is 11.8 Å². The number of carboxylic acid groups (broad SMARTS) is 1. The van der Waals surface area contributed by atoms with Crippen LogP contribution in [0, 0.1) is 17.1 Å². The smallest absolute Gasteiger partial charge is 0.490 e. The maximum absolute atomic E-state index is 14.2. The molecule has 0 radical (unpaired) electrons. The van der Waals surface area contributed by atoms with Crippen molar-refractivity contribution in [3.8, 4) is 34.2 Å². The van der Waals surface area contributed by atoms with Crippen molar-refractivity contribution in [1.29, 1.82) is 5.26 Å². The number of rotatable bonds is 3. The fourth-order valence-corrected chi connectivity index (χ4v) is 2.48. The molecular formula is C21H15F4N3O3. The lowest BCUT2D eigenvalue weighted by atomic mass is 9.98. The van der Waals surface area contributed by atoms with Gasteiger partial charge in [-0.05, 0) is 36.4 Å². The van der Waals surface area contributed by atoms with E-state index in [1.54, 1.807) is 43.5 Å². The molecule has 0 saturated heterocycles. The molecule has 3 N–H and O–H groups in total. The minimum Gasteiger partial charge on any atom is -0.497 e. The minimum absolute atomic E-state index is 0.0732. The van der Waals surface area contributed by atoms with Crippen LogP contribution in [0.15, 0.2) is 54.6 Å². The second-order valence-corrected chi connectivity index (χ2v) is 5.94. The summed E-state index contributed by atoms with van der Waals surface area (Å²) < 4.78 is 51.0. The van der Waals surface area contributed by atoms with Crippen molar-refractivity contribution < 1.29 is 32.2 Å². The van der Waals surface area contributed by atoms with Gasteiger partial charge in [0.25, 0.3) is 0 Å². The van der Waals surface area contributed by atoms with Crippen LogP contribution in [0.4, 0.5) is 23.4 Å². The Morgan fingerprint density at radius 3 is 2.19 bits per heavy atom. The van der Waals surface area contributed by atoms with Crippen LogP contribution in [-0.4, -0.2) is 29.3 Å². The number of benzene rings is 2. The van der Waals surface area contributed by atoms with Gasteiger partial charge in [0.15, 0.2) is 0 Å². The van der Waals surface area contributed by atoms with Gasteiger partial charge in [0.05, 0.1) is 12.8 Å². The highest BCUT2D eigenvalue weighted by atomic mass is 19.4. The molecule has 31 heavy (non-hydrogen) atoms. The third-order valence-electron chi connectivity index (χ3n) is 3.95. The fraction of sp³-hybridized carbons (Fsp3) is 0.0952. The number of alkyl halides is 3. The predicted molar refractivity (Wildman–Crippen MR) is 104 cm³/mol. The number of ether oxygens (including phenoxy) is 1. The first-order valence-corrected chi connectivity index (χ1v) is 8.48. The average molecular weight is 433 g/mol. The lowest BCUT2D eigenvalue weighted by Gasteiger charge is -2.11. The van der Waals surface area contributed by atoms with Crippen molar-refractivity contribution in [3.05, 3.63) is 66.0 Å². The molecule has 3 rings (SSSR count). The van der Waals surface area contributed by atoms with Crippen LogP contribution in [0.5, 0.6) is 5.75 Å². The quantitative estimate of drug-likeness (QED) is 0.582. The van der Waals surface area contributed by atoms with Gasteiger partial charge >= 0.3 is 12.1 Å². The van der Waals surface area contributed by atoms with Crippen molar-refractivity contribution in [2.45, 2.75) is 6.18 Å². The Balaban J connectivity index is 0.000000423. The molecule has 3 aromatic rings. The van der Waals surface area contributed by atoms with E-state index in [-0.39, 0.29) is 11.4 Å². The first kappa shape index (κ1) is 23.2. The van der Waals surface area contributed by atoms with Gasteiger partial charge in [0.1, 0.15) is 29.0 Å². The Morgan fingerprint density at radius 2 is 1.71 bits per heavy atom. The molecule has 0 aliphatic rings. The van der Waals surface area contributed by atoms with Crippen LogP contribution >= 0.6 is 0 Å². The van der Waals surface area contributed by atoms with Gasteiger partial charge in [0, 0.05) is 16.7 Å². The molecular weight excluding hydrogens is 418 g/mol. The maximum Gasteiger partial charge on any atom is 0.490 e. The van der Waals surface area contributed by atoms with E-state index in [1.807, 2.05) is 18.2 Å². The van der Waals surface area contributed by atoms with E-state index in [1.165, 1.54) is 6.07 Å². The third-order valence-corrected chi connectivity index (χ3v) is 3.95. The molecule has 2 aromatic carbocycles. The number of nitrogens with two attached hydrogens (primary N) is 1. The molecule has 0 spiro atoms. The van der Waals surface area contributed by atoms with Gasteiger partial charge in [-0.2, -0.15) is 18.4 Å². The van der Waals surface area contributed by atoms with E-state index in [4.69, 9.17) is 20.4 Å². The zero-order valence-electron chi connectivity index (χ0n) is 15.9. The lowest BCUT2D eigenvalue weighted by molar-refractivity contribution is -0.192. The summed E-state index contributed by atoms with van der Waals surface area (Å²) >= 11 is 0. The van der Waals surface area contributed by atoms with Crippen LogP contribution in [-0.2, 0) is 4.79 Å². The molecule has 1 heterocycles. The summed E-state index contributed by atoms with van der Waals surface area (Å²) in [7, 11) is 1.59. The number of anilines is 1. The molecule has 0 amide bonds. The van der Waals surface area contributed by atoms with Crippen LogP contribution in [0.25, 0.3) is 22.4 Å². The highest BCUT2D eigenvalue weighted by Gasteiger charge is 2.38. The monoisotopic (exact) mass is 433 g/mol. The minimum atomic E-state index is -5.08. The van der Waals surface area contributed by atoms with E-state index in [9.17, 15) is 22.8 Å². The van der Waals surface area contributed by atoms with Gasteiger partial charge in [0.2, 0.25) is 0 Å². The Bertz CT molecular complexity index is 1120. The molecule has 0 aliphatic heterocycles. The molecule has 0 fully saturated rings. The summed E-state index contributed by atoms with van der Waals surface area (Å²) in [6.45, 7) is 0. The number of hydrogen-bond donors (Lipinski definition) is 2. The third kappa shape index (κ3) is 5.70. The Morgan fingerprint density at radius 1 is 1.13 bits per heavy atom. The number of methoxy groups -OCH3 is 1. The molecule has 0 bridgehead atoms. The first-order valence-electron chi connectivity index (χ1n) is 8.48. The summed E-state index contributed by atoms with van der Waals surface area (Å²) in [4.78, 5) is 13.2. The van der Waals surface area contributed by atoms with Crippen LogP contribution in [0.3, 0.4) is 0 Å². The largest absolute Gasteiger partial charge is 0.497 e. The van der Waals surface area contributed by atoms with Crippen molar-refractivity contribution in [2.75, 3.05) is 12.8 Å². The van der Waals surface area contributed by atoms with Crippen molar-refractivity contribution in [1.82, 2.24) is 4.98 Å². The standard InChI is InChI=1S/C19H14FN3O.C2HF3O2/c1-24-13-8-6-12(7-9-13)18-10-15(16(11-21)19(22)23-18)14-4-2-3-5-17(14)20;3-2(4,5)1(6)7/h2-10H,1H3,(H2,22,23);(H,6,7).